The van der Waals surface area contributed by atoms with Crippen LogP contribution in [0.2, 0.25) is 0 Å². The van der Waals surface area contributed by atoms with Gasteiger partial charge in [0.25, 0.3) is 0 Å². The third kappa shape index (κ3) is 4.95. The Bertz CT molecular complexity index is 586. The van der Waals surface area contributed by atoms with Crippen LogP contribution in [0.5, 0.6) is 5.75 Å². The molecular formula is C16H22N4O. The summed E-state index contributed by atoms with van der Waals surface area (Å²) in [4.78, 5) is 8.71. The Balaban J connectivity index is 1.83. The third-order valence-electron chi connectivity index (χ3n) is 2.86. The van der Waals surface area contributed by atoms with Crippen LogP contribution in [0, 0.1) is 13.8 Å². The van der Waals surface area contributed by atoms with Crippen LogP contribution in [0.15, 0.2) is 30.3 Å². The summed E-state index contributed by atoms with van der Waals surface area (Å²) in [6, 6.07) is 9.96. The predicted octanol–water partition coefficient (Wildman–Crippen LogP) is 3.02. The summed E-state index contributed by atoms with van der Waals surface area (Å²) in [7, 11) is 0. The second-order valence-corrected chi connectivity index (χ2v) is 4.84. The van der Waals surface area contributed by atoms with Gasteiger partial charge < -0.3 is 15.4 Å². The molecule has 1 aromatic heterocycles. The van der Waals surface area contributed by atoms with Gasteiger partial charge in [-0.2, -0.15) is 4.98 Å². The number of hydrogen-bond acceptors (Lipinski definition) is 5. The smallest absolute Gasteiger partial charge is 0.224 e. The molecule has 21 heavy (non-hydrogen) atoms. The molecule has 0 saturated heterocycles. The highest BCUT2D eigenvalue weighted by Gasteiger charge is 2.01. The normalized spacial score (nSPS) is 10.2. The van der Waals surface area contributed by atoms with Crippen molar-refractivity contribution in [1.29, 1.82) is 0 Å². The number of aryl methyl sites for hydroxylation is 2. The van der Waals surface area contributed by atoms with E-state index in [1.165, 1.54) is 5.56 Å². The Kier molecular flexibility index (Phi) is 5.37. The second-order valence-electron chi connectivity index (χ2n) is 4.84. The van der Waals surface area contributed by atoms with Crippen LogP contribution in [-0.4, -0.2) is 29.7 Å². The molecule has 2 rings (SSSR count). The lowest BCUT2D eigenvalue weighted by Crippen LogP contribution is -2.13. The van der Waals surface area contributed by atoms with E-state index in [0.717, 1.165) is 23.8 Å². The Labute approximate surface area is 125 Å². The Morgan fingerprint density at radius 1 is 1.10 bits per heavy atom. The van der Waals surface area contributed by atoms with E-state index in [4.69, 9.17) is 4.74 Å². The van der Waals surface area contributed by atoms with Crippen LogP contribution in [0.4, 0.5) is 11.8 Å². The summed E-state index contributed by atoms with van der Waals surface area (Å²) in [5, 5.41) is 6.37. The molecule has 0 aliphatic rings. The quantitative estimate of drug-likeness (QED) is 0.766. The lowest BCUT2D eigenvalue weighted by atomic mass is 10.2. The number of nitrogens with zero attached hydrogens (tertiary/aromatic N) is 2. The maximum Gasteiger partial charge on any atom is 0.224 e. The number of benzene rings is 1. The summed E-state index contributed by atoms with van der Waals surface area (Å²) in [6.45, 7) is 8.11. The van der Waals surface area contributed by atoms with Crippen LogP contribution in [0.25, 0.3) is 0 Å². The lowest BCUT2D eigenvalue weighted by molar-refractivity contribution is 0.332. The largest absolute Gasteiger partial charge is 0.492 e. The summed E-state index contributed by atoms with van der Waals surface area (Å²) >= 11 is 0. The van der Waals surface area contributed by atoms with E-state index in [9.17, 15) is 0 Å². The summed E-state index contributed by atoms with van der Waals surface area (Å²) in [5.74, 6) is 2.36. The van der Waals surface area contributed by atoms with Crippen molar-refractivity contribution in [2.45, 2.75) is 20.8 Å². The van der Waals surface area contributed by atoms with E-state index in [-0.39, 0.29) is 0 Å². The van der Waals surface area contributed by atoms with Gasteiger partial charge in [0.1, 0.15) is 18.2 Å². The number of nitrogens with one attached hydrogen (secondary N) is 2. The molecule has 0 atom stereocenters. The van der Waals surface area contributed by atoms with Gasteiger partial charge in [-0.25, -0.2) is 4.98 Å². The zero-order valence-electron chi connectivity index (χ0n) is 12.8. The van der Waals surface area contributed by atoms with Crippen molar-refractivity contribution in [3.8, 4) is 5.75 Å². The van der Waals surface area contributed by atoms with E-state index in [1.807, 2.05) is 38.1 Å². The first kappa shape index (κ1) is 15.1. The molecule has 0 fully saturated rings. The monoisotopic (exact) mass is 286 g/mol. The van der Waals surface area contributed by atoms with Gasteiger partial charge in [0.15, 0.2) is 0 Å². The number of hydrogen-bond donors (Lipinski definition) is 2. The Hall–Kier alpha value is -2.30. The number of aromatic nitrogens is 2. The molecule has 1 aromatic carbocycles. The van der Waals surface area contributed by atoms with Crippen LogP contribution >= 0.6 is 0 Å². The summed E-state index contributed by atoms with van der Waals surface area (Å²) < 4.78 is 5.70. The molecule has 0 amide bonds. The zero-order chi connectivity index (χ0) is 15.1. The minimum atomic E-state index is 0.586. The van der Waals surface area contributed by atoms with Gasteiger partial charge in [0, 0.05) is 18.3 Å². The fourth-order valence-corrected chi connectivity index (χ4v) is 1.95. The molecule has 5 nitrogen and oxygen atoms in total. The highest BCUT2D eigenvalue weighted by Crippen LogP contribution is 2.12. The number of anilines is 2. The molecule has 0 aliphatic carbocycles. The first-order chi connectivity index (χ1) is 10.2. The van der Waals surface area contributed by atoms with E-state index in [2.05, 4.69) is 33.6 Å². The molecule has 5 heteroatoms. The highest BCUT2D eigenvalue weighted by atomic mass is 16.5. The van der Waals surface area contributed by atoms with E-state index in [1.54, 1.807) is 0 Å². The lowest BCUT2D eigenvalue weighted by Gasteiger charge is -2.10. The van der Waals surface area contributed by atoms with Crippen LogP contribution in [-0.2, 0) is 0 Å². The fraction of sp³-hybridized carbons (Fsp3) is 0.375. The van der Waals surface area contributed by atoms with Crippen molar-refractivity contribution in [2.24, 2.45) is 0 Å². The minimum Gasteiger partial charge on any atom is -0.492 e. The van der Waals surface area contributed by atoms with Crippen LogP contribution < -0.4 is 15.4 Å². The topological polar surface area (TPSA) is 59.1 Å². The molecule has 0 saturated carbocycles. The predicted molar refractivity (Wildman–Crippen MR) is 86.1 cm³/mol. The zero-order valence-corrected chi connectivity index (χ0v) is 12.8. The number of ether oxygens (including phenoxy) is 1. The average Bonchev–Trinajstić information content (AvgIpc) is 2.43. The van der Waals surface area contributed by atoms with Crippen molar-refractivity contribution in [3.05, 3.63) is 41.6 Å². The van der Waals surface area contributed by atoms with Gasteiger partial charge in [0.2, 0.25) is 5.95 Å². The molecule has 2 aromatic rings. The summed E-state index contributed by atoms with van der Waals surface area (Å²) in [6.07, 6.45) is 0. The Morgan fingerprint density at radius 3 is 2.71 bits per heavy atom. The molecule has 2 N–H and O–H groups in total. The van der Waals surface area contributed by atoms with Gasteiger partial charge in [0.05, 0.1) is 6.54 Å². The molecule has 0 unspecified atom stereocenters. The van der Waals surface area contributed by atoms with Crippen molar-refractivity contribution in [1.82, 2.24) is 9.97 Å². The molecular weight excluding hydrogens is 264 g/mol. The summed E-state index contributed by atoms with van der Waals surface area (Å²) in [5.41, 5.74) is 2.13. The SMILES string of the molecule is CCNc1nc(C)cc(NCCOc2cccc(C)c2)n1. The van der Waals surface area contributed by atoms with Gasteiger partial charge in [-0.05, 0) is 38.5 Å². The molecule has 0 bridgehead atoms. The van der Waals surface area contributed by atoms with Crippen LogP contribution in [0.1, 0.15) is 18.2 Å². The van der Waals surface area contributed by atoms with Gasteiger partial charge in [-0.1, -0.05) is 12.1 Å². The van der Waals surface area contributed by atoms with Gasteiger partial charge >= 0.3 is 0 Å². The molecule has 0 aliphatic heterocycles. The van der Waals surface area contributed by atoms with E-state index >= 15 is 0 Å². The fourth-order valence-electron chi connectivity index (χ4n) is 1.95. The van der Waals surface area contributed by atoms with Gasteiger partial charge in [-0.15, -0.1) is 0 Å². The third-order valence-corrected chi connectivity index (χ3v) is 2.86. The minimum absolute atomic E-state index is 0.586. The molecule has 1 heterocycles. The average molecular weight is 286 g/mol. The highest BCUT2D eigenvalue weighted by molar-refractivity contribution is 5.42. The standard InChI is InChI=1S/C16H22N4O/c1-4-17-16-19-13(3)11-15(20-16)18-8-9-21-14-7-5-6-12(2)10-14/h5-7,10-11H,4,8-9H2,1-3H3,(H2,17,18,19,20). The van der Waals surface area contributed by atoms with E-state index < -0.39 is 0 Å². The van der Waals surface area contributed by atoms with Gasteiger partial charge in [-0.3, -0.25) is 0 Å². The van der Waals surface area contributed by atoms with Crippen molar-refractivity contribution in [2.75, 3.05) is 30.3 Å². The molecule has 112 valence electrons. The second kappa shape index (κ2) is 7.47. The Morgan fingerprint density at radius 2 is 1.95 bits per heavy atom. The molecule has 0 radical (unpaired) electrons. The number of rotatable bonds is 7. The molecule has 0 spiro atoms. The van der Waals surface area contributed by atoms with Crippen molar-refractivity contribution >= 4 is 11.8 Å². The first-order valence-corrected chi connectivity index (χ1v) is 7.20. The maximum absolute atomic E-state index is 5.70. The van der Waals surface area contributed by atoms with Crippen LogP contribution in [0.3, 0.4) is 0 Å². The van der Waals surface area contributed by atoms with Crippen molar-refractivity contribution < 1.29 is 4.74 Å². The van der Waals surface area contributed by atoms with E-state index in [0.29, 0.717) is 19.1 Å². The first-order valence-electron chi connectivity index (χ1n) is 7.20. The van der Waals surface area contributed by atoms with Crippen molar-refractivity contribution in [3.63, 3.8) is 0 Å². The maximum atomic E-state index is 5.70.